The number of rotatable bonds is 3. The van der Waals surface area contributed by atoms with E-state index < -0.39 is 27.6 Å². The molecule has 1 aliphatic heterocycles. The second-order valence-corrected chi connectivity index (χ2v) is 6.94. The van der Waals surface area contributed by atoms with Crippen molar-refractivity contribution in [2.75, 3.05) is 5.32 Å². The predicted octanol–water partition coefficient (Wildman–Crippen LogP) is 3.36. The molecule has 2 aromatic carbocycles. The molecule has 2 aromatic rings. The molecule has 0 bridgehead atoms. The van der Waals surface area contributed by atoms with Crippen LogP contribution in [-0.2, 0) is 27.5 Å². The van der Waals surface area contributed by atoms with Gasteiger partial charge in [-0.1, -0.05) is 12.1 Å². The number of carbonyl (C=O) groups excluding carboxylic acids is 1. The highest BCUT2D eigenvalue weighted by molar-refractivity contribution is 7.87. The van der Waals surface area contributed by atoms with Crippen molar-refractivity contribution in [3.63, 3.8) is 0 Å². The zero-order valence-electron chi connectivity index (χ0n) is 12.6. The van der Waals surface area contributed by atoms with E-state index >= 15 is 0 Å². The van der Waals surface area contributed by atoms with Gasteiger partial charge in [-0.2, -0.15) is 21.6 Å². The highest BCUT2D eigenvalue weighted by Gasteiger charge is 2.35. The Balaban J connectivity index is 1.95. The van der Waals surface area contributed by atoms with E-state index in [0.717, 1.165) is 18.2 Å². The molecule has 132 valence electrons. The Kier molecular flexibility index (Phi) is 4.19. The van der Waals surface area contributed by atoms with Crippen LogP contribution in [0.4, 0.5) is 18.9 Å². The number of anilines is 1. The van der Waals surface area contributed by atoms with Gasteiger partial charge in [0.2, 0.25) is 5.91 Å². The summed E-state index contributed by atoms with van der Waals surface area (Å²) in [5.74, 6) is -0.973. The minimum Gasteiger partial charge on any atom is -0.378 e. The topological polar surface area (TPSA) is 72.5 Å². The maximum absolute atomic E-state index is 13.0. The third kappa shape index (κ3) is 3.60. The van der Waals surface area contributed by atoms with Gasteiger partial charge in [0.1, 0.15) is 4.90 Å². The summed E-state index contributed by atoms with van der Waals surface area (Å²) < 4.78 is 68.3. The van der Waals surface area contributed by atoms with Crippen LogP contribution in [-0.4, -0.2) is 14.3 Å². The van der Waals surface area contributed by atoms with Crippen LogP contribution in [0, 0.1) is 0 Å². The lowest BCUT2D eigenvalue weighted by Gasteiger charge is -2.18. The Labute approximate surface area is 141 Å². The van der Waals surface area contributed by atoms with E-state index in [1.165, 1.54) is 24.3 Å². The lowest BCUT2D eigenvalue weighted by molar-refractivity contribution is -0.138. The molecule has 9 heteroatoms. The highest BCUT2D eigenvalue weighted by Crippen LogP contribution is 2.37. The van der Waals surface area contributed by atoms with E-state index in [-0.39, 0.29) is 17.2 Å². The van der Waals surface area contributed by atoms with E-state index in [9.17, 15) is 26.4 Å². The molecule has 3 rings (SSSR count). The molecule has 5 nitrogen and oxygen atoms in total. The number of aryl methyl sites for hydroxylation is 1. The summed E-state index contributed by atoms with van der Waals surface area (Å²) in [6.07, 6.45) is -4.20. The average molecular weight is 371 g/mol. The van der Waals surface area contributed by atoms with E-state index in [1.807, 2.05) is 0 Å². The number of fused-ring (bicyclic) bond motifs is 1. The normalized spacial score (nSPS) is 14.6. The first kappa shape index (κ1) is 17.3. The first-order valence-electron chi connectivity index (χ1n) is 7.20. The van der Waals surface area contributed by atoms with Crippen molar-refractivity contribution in [3.8, 4) is 5.75 Å². The monoisotopic (exact) mass is 371 g/mol. The molecule has 0 saturated heterocycles. The molecule has 0 aromatic heterocycles. The number of carbonyl (C=O) groups is 1. The molecule has 0 unspecified atom stereocenters. The van der Waals surface area contributed by atoms with Crippen molar-refractivity contribution < 1.29 is 30.6 Å². The second-order valence-electron chi connectivity index (χ2n) is 5.40. The van der Waals surface area contributed by atoms with Gasteiger partial charge in [-0.05, 0) is 42.3 Å². The van der Waals surface area contributed by atoms with Crippen LogP contribution < -0.4 is 9.50 Å². The summed E-state index contributed by atoms with van der Waals surface area (Å²) in [4.78, 5) is 11.0. The number of amides is 1. The summed E-state index contributed by atoms with van der Waals surface area (Å²) in [7, 11) is -4.46. The maximum Gasteiger partial charge on any atom is 0.420 e. The molecule has 0 saturated carbocycles. The van der Waals surface area contributed by atoms with Gasteiger partial charge < -0.3 is 9.50 Å². The van der Waals surface area contributed by atoms with Gasteiger partial charge in [0.05, 0.1) is 5.56 Å². The highest BCUT2D eigenvalue weighted by atomic mass is 32.2. The van der Waals surface area contributed by atoms with Crippen LogP contribution in [0.15, 0.2) is 47.4 Å². The van der Waals surface area contributed by atoms with Crippen LogP contribution in [0.1, 0.15) is 17.5 Å². The van der Waals surface area contributed by atoms with Gasteiger partial charge in [0, 0.05) is 12.1 Å². The molecule has 1 amide bonds. The zero-order valence-corrected chi connectivity index (χ0v) is 13.4. The quantitative estimate of drug-likeness (QED) is 0.840. The van der Waals surface area contributed by atoms with Crippen molar-refractivity contribution in [1.29, 1.82) is 0 Å². The molecule has 0 aliphatic carbocycles. The van der Waals surface area contributed by atoms with Crippen molar-refractivity contribution in [2.45, 2.75) is 23.9 Å². The van der Waals surface area contributed by atoms with E-state index in [2.05, 4.69) is 5.32 Å². The fraction of sp³-hybridized carbons (Fsp3) is 0.188. The number of halogens is 3. The van der Waals surface area contributed by atoms with Crippen molar-refractivity contribution in [2.24, 2.45) is 0 Å². The Hall–Kier alpha value is -2.55. The van der Waals surface area contributed by atoms with Gasteiger partial charge in [0.15, 0.2) is 5.75 Å². The summed E-state index contributed by atoms with van der Waals surface area (Å²) >= 11 is 0. The first-order chi connectivity index (χ1) is 11.7. The molecular weight excluding hydrogens is 359 g/mol. The summed E-state index contributed by atoms with van der Waals surface area (Å²) in [6, 6.07) is 7.94. The smallest absolute Gasteiger partial charge is 0.378 e. The minimum atomic E-state index is -4.74. The number of nitrogens with one attached hydrogen (secondary N) is 1. The van der Waals surface area contributed by atoms with Crippen LogP contribution in [0.5, 0.6) is 5.75 Å². The van der Waals surface area contributed by atoms with E-state index in [1.54, 1.807) is 0 Å². The van der Waals surface area contributed by atoms with Crippen LogP contribution in [0.2, 0.25) is 0 Å². The van der Waals surface area contributed by atoms with Crippen LogP contribution in [0.3, 0.4) is 0 Å². The Morgan fingerprint density at radius 2 is 1.76 bits per heavy atom. The van der Waals surface area contributed by atoms with Crippen molar-refractivity contribution >= 4 is 21.7 Å². The molecule has 0 fully saturated rings. The number of alkyl halides is 3. The van der Waals surface area contributed by atoms with E-state index in [0.29, 0.717) is 17.7 Å². The Morgan fingerprint density at radius 1 is 1.04 bits per heavy atom. The molecule has 0 atom stereocenters. The summed E-state index contributed by atoms with van der Waals surface area (Å²) in [6.45, 7) is 0. The molecule has 0 radical (unpaired) electrons. The minimum absolute atomic E-state index is 0.182. The number of hydrogen-bond acceptors (Lipinski definition) is 4. The second kappa shape index (κ2) is 6.07. The first-order valence-corrected chi connectivity index (χ1v) is 8.61. The summed E-state index contributed by atoms with van der Waals surface area (Å²) in [5, 5.41) is 2.59. The standard InChI is InChI=1S/C16H12F3NO4S/c17-16(18,19)12-3-1-2-4-14(12)24-25(22,23)11-6-7-13-10(9-11)5-8-15(21)20-13/h1-4,6-7,9H,5,8H2,(H,20,21). The Bertz CT molecular complexity index is 939. The number of para-hydroxylation sites is 1. The fourth-order valence-corrected chi connectivity index (χ4v) is 3.45. The van der Waals surface area contributed by atoms with Crippen molar-refractivity contribution in [3.05, 3.63) is 53.6 Å². The predicted molar refractivity (Wildman–Crippen MR) is 82.7 cm³/mol. The van der Waals surface area contributed by atoms with Gasteiger partial charge >= 0.3 is 16.3 Å². The van der Waals surface area contributed by atoms with Gasteiger partial charge in [-0.15, -0.1) is 0 Å². The third-order valence-corrected chi connectivity index (χ3v) is 4.88. The zero-order chi connectivity index (χ0) is 18.2. The maximum atomic E-state index is 13.0. The van der Waals surface area contributed by atoms with Crippen LogP contribution in [0.25, 0.3) is 0 Å². The number of benzene rings is 2. The van der Waals surface area contributed by atoms with Crippen molar-refractivity contribution in [1.82, 2.24) is 0 Å². The van der Waals surface area contributed by atoms with E-state index in [4.69, 9.17) is 4.18 Å². The lowest BCUT2D eigenvalue weighted by atomic mass is 10.0. The van der Waals surface area contributed by atoms with Crippen LogP contribution >= 0.6 is 0 Å². The largest absolute Gasteiger partial charge is 0.420 e. The molecule has 1 aliphatic rings. The number of hydrogen-bond donors (Lipinski definition) is 1. The Morgan fingerprint density at radius 3 is 2.48 bits per heavy atom. The molecule has 0 spiro atoms. The fourth-order valence-electron chi connectivity index (χ4n) is 2.46. The van der Waals surface area contributed by atoms with Gasteiger partial charge in [-0.25, -0.2) is 0 Å². The van der Waals surface area contributed by atoms with Gasteiger partial charge in [-0.3, -0.25) is 4.79 Å². The average Bonchev–Trinajstić information content (AvgIpc) is 2.53. The molecule has 1 N–H and O–H groups in total. The molecular formula is C16H12F3NO4S. The lowest BCUT2D eigenvalue weighted by Crippen LogP contribution is -2.20. The third-order valence-electron chi connectivity index (χ3n) is 3.65. The molecule has 25 heavy (non-hydrogen) atoms. The summed E-state index contributed by atoms with van der Waals surface area (Å²) in [5.41, 5.74) is -0.122. The van der Waals surface area contributed by atoms with Gasteiger partial charge in [0.25, 0.3) is 0 Å². The molecule has 1 heterocycles. The SMILES string of the molecule is O=C1CCc2cc(S(=O)(=O)Oc3ccccc3C(F)(F)F)ccc2N1.